The van der Waals surface area contributed by atoms with Crippen molar-refractivity contribution in [3.8, 4) is 0 Å². The molecule has 0 aromatic heterocycles. The molecule has 1 heterocycles. The minimum Gasteiger partial charge on any atom is -0.314 e. The van der Waals surface area contributed by atoms with Gasteiger partial charge in [-0.1, -0.05) is 19.8 Å². The summed E-state index contributed by atoms with van der Waals surface area (Å²) >= 11 is 2.13. The molecular weight excluding hydrogens is 228 g/mol. The van der Waals surface area contributed by atoms with Crippen LogP contribution in [0.5, 0.6) is 0 Å². The second-order valence-electron chi connectivity index (χ2n) is 5.70. The standard InChI is InChI=1S/C14H28N2S/c1-3-15-13-6-10-16(11-7-13)12-14(17-2)8-4-5-9-14/h13,15H,3-12H2,1-2H3. The number of rotatable bonds is 5. The van der Waals surface area contributed by atoms with Gasteiger partial charge < -0.3 is 10.2 Å². The fourth-order valence-corrected chi connectivity index (χ4v) is 4.45. The van der Waals surface area contributed by atoms with E-state index >= 15 is 0 Å². The van der Waals surface area contributed by atoms with Crippen molar-refractivity contribution in [1.82, 2.24) is 10.2 Å². The summed E-state index contributed by atoms with van der Waals surface area (Å²) in [5.74, 6) is 0. The SMILES string of the molecule is CCNC1CCN(CC2(SC)CCCC2)CC1. The zero-order valence-electron chi connectivity index (χ0n) is 11.5. The van der Waals surface area contributed by atoms with Crippen molar-refractivity contribution in [2.75, 3.05) is 32.4 Å². The zero-order chi connectivity index (χ0) is 12.1. The lowest BCUT2D eigenvalue weighted by Crippen LogP contribution is -2.47. The van der Waals surface area contributed by atoms with Crippen LogP contribution in [0.1, 0.15) is 45.4 Å². The highest BCUT2D eigenvalue weighted by atomic mass is 32.2. The molecule has 1 N–H and O–H groups in total. The van der Waals surface area contributed by atoms with E-state index in [9.17, 15) is 0 Å². The average molecular weight is 256 g/mol. The van der Waals surface area contributed by atoms with Crippen LogP contribution in [-0.4, -0.2) is 48.1 Å². The molecule has 0 amide bonds. The second kappa shape index (κ2) is 6.44. The minimum atomic E-state index is 0.602. The number of thioether (sulfide) groups is 1. The predicted molar refractivity (Wildman–Crippen MR) is 77.9 cm³/mol. The summed E-state index contributed by atoms with van der Waals surface area (Å²) < 4.78 is 0.602. The van der Waals surface area contributed by atoms with E-state index < -0.39 is 0 Å². The van der Waals surface area contributed by atoms with E-state index in [1.165, 1.54) is 58.2 Å². The van der Waals surface area contributed by atoms with Crippen molar-refractivity contribution in [3.63, 3.8) is 0 Å². The maximum absolute atomic E-state index is 3.59. The monoisotopic (exact) mass is 256 g/mol. The number of likely N-dealkylation sites (tertiary alicyclic amines) is 1. The van der Waals surface area contributed by atoms with Crippen LogP contribution >= 0.6 is 11.8 Å². The number of piperidine rings is 1. The van der Waals surface area contributed by atoms with Crippen molar-refractivity contribution in [2.24, 2.45) is 0 Å². The summed E-state index contributed by atoms with van der Waals surface area (Å²) in [4.78, 5) is 2.72. The maximum Gasteiger partial charge on any atom is 0.0284 e. The van der Waals surface area contributed by atoms with E-state index in [0.29, 0.717) is 4.75 Å². The lowest BCUT2D eigenvalue weighted by Gasteiger charge is -2.38. The van der Waals surface area contributed by atoms with Gasteiger partial charge in [-0.25, -0.2) is 0 Å². The molecule has 3 heteroatoms. The molecule has 0 unspecified atom stereocenters. The summed E-state index contributed by atoms with van der Waals surface area (Å²) in [7, 11) is 0. The van der Waals surface area contributed by atoms with Gasteiger partial charge in [-0.15, -0.1) is 0 Å². The fraction of sp³-hybridized carbons (Fsp3) is 1.00. The molecule has 1 saturated heterocycles. The molecular formula is C14H28N2S. The lowest BCUT2D eigenvalue weighted by atomic mass is 10.0. The van der Waals surface area contributed by atoms with E-state index in [0.717, 1.165) is 12.6 Å². The molecule has 1 saturated carbocycles. The van der Waals surface area contributed by atoms with Crippen LogP contribution in [0.2, 0.25) is 0 Å². The molecule has 2 aliphatic rings. The normalized spacial score (nSPS) is 26.5. The topological polar surface area (TPSA) is 15.3 Å². The zero-order valence-corrected chi connectivity index (χ0v) is 12.3. The van der Waals surface area contributed by atoms with Crippen molar-refractivity contribution in [2.45, 2.75) is 56.2 Å². The van der Waals surface area contributed by atoms with E-state index in [-0.39, 0.29) is 0 Å². The average Bonchev–Trinajstić information content (AvgIpc) is 2.81. The molecule has 2 rings (SSSR count). The second-order valence-corrected chi connectivity index (χ2v) is 6.98. The van der Waals surface area contributed by atoms with Crippen LogP contribution in [0, 0.1) is 0 Å². The van der Waals surface area contributed by atoms with Crippen molar-refractivity contribution < 1.29 is 0 Å². The summed E-state index contributed by atoms with van der Waals surface area (Å²) in [6.07, 6.45) is 10.8. The van der Waals surface area contributed by atoms with Crippen LogP contribution < -0.4 is 5.32 Å². The summed E-state index contributed by atoms with van der Waals surface area (Å²) in [6, 6.07) is 0.782. The number of hydrogen-bond acceptors (Lipinski definition) is 3. The van der Waals surface area contributed by atoms with Gasteiger partial charge in [-0.05, 0) is 51.6 Å². The first-order chi connectivity index (χ1) is 8.28. The molecule has 2 nitrogen and oxygen atoms in total. The van der Waals surface area contributed by atoms with Crippen molar-refractivity contribution in [3.05, 3.63) is 0 Å². The van der Waals surface area contributed by atoms with E-state index in [1.54, 1.807) is 0 Å². The van der Waals surface area contributed by atoms with Gasteiger partial charge in [0.2, 0.25) is 0 Å². The minimum absolute atomic E-state index is 0.602. The van der Waals surface area contributed by atoms with Crippen LogP contribution in [0.4, 0.5) is 0 Å². The predicted octanol–water partition coefficient (Wildman–Crippen LogP) is 2.74. The Balaban J connectivity index is 1.77. The lowest BCUT2D eigenvalue weighted by molar-refractivity contribution is 0.182. The van der Waals surface area contributed by atoms with Crippen LogP contribution in [-0.2, 0) is 0 Å². The summed E-state index contributed by atoms with van der Waals surface area (Å²) in [5.41, 5.74) is 0. The Bertz CT molecular complexity index is 218. The molecule has 2 fully saturated rings. The van der Waals surface area contributed by atoms with Crippen molar-refractivity contribution >= 4 is 11.8 Å². The first kappa shape index (κ1) is 13.7. The number of nitrogens with zero attached hydrogens (tertiary/aromatic N) is 1. The van der Waals surface area contributed by atoms with Gasteiger partial charge in [0, 0.05) is 17.3 Å². The smallest absolute Gasteiger partial charge is 0.0284 e. The van der Waals surface area contributed by atoms with E-state index in [4.69, 9.17) is 0 Å². The molecule has 0 bridgehead atoms. The molecule has 17 heavy (non-hydrogen) atoms. The van der Waals surface area contributed by atoms with Crippen LogP contribution in [0.25, 0.3) is 0 Å². The summed E-state index contributed by atoms with van der Waals surface area (Å²) in [6.45, 7) is 7.29. The van der Waals surface area contributed by atoms with Gasteiger partial charge >= 0.3 is 0 Å². The Morgan fingerprint density at radius 1 is 1.24 bits per heavy atom. The van der Waals surface area contributed by atoms with Gasteiger partial charge in [0.15, 0.2) is 0 Å². The fourth-order valence-electron chi connectivity index (χ4n) is 3.44. The molecule has 1 aliphatic heterocycles. The first-order valence-electron chi connectivity index (χ1n) is 7.29. The molecule has 0 radical (unpaired) electrons. The third kappa shape index (κ3) is 3.62. The maximum atomic E-state index is 3.59. The first-order valence-corrected chi connectivity index (χ1v) is 8.51. The van der Waals surface area contributed by atoms with Crippen LogP contribution in [0.15, 0.2) is 0 Å². The Labute approximate surface area is 111 Å². The largest absolute Gasteiger partial charge is 0.314 e. The number of hydrogen-bond donors (Lipinski definition) is 1. The van der Waals surface area contributed by atoms with Gasteiger partial charge in [-0.3, -0.25) is 0 Å². The quantitative estimate of drug-likeness (QED) is 0.814. The molecule has 0 aromatic rings. The highest BCUT2D eigenvalue weighted by molar-refractivity contribution is 8.00. The Hall–Kier alpha value is 0.270. The van der Waals surface area contributed by atoms with Gasteiger partial charge in [0.25, 0.3) is 0 Å². The Kier molecular flexibility index (Phi) is 5.19. The molecule has 100 valence electrons. The highest BCUT2D eigenvalue weighted by Crippen LogP contribution is 2.41. The Morgan fingerprint density at radius 3 is 2.41 bits per heavy atom. The third-order valence-electron chi connectivity index (χ3n) is 4.54. The third-order valence-corrected chi connectivity index (χ3v) is 5.94. The van der Waals surface area contributed by atoms with Gasteiger partial charge in [-0.2, -0.15) is 11.8 Å². The van der Waals surface area contributed by atoms with Crippen LogP contribution in [0.3, 0.4) is 0 Å². The summed E-state index contributed by atoms with van der Waals surface area (Å²) in [5, 5.41) is 3.59. The highest BCUT2D eigenvalue weighted by Gasteiger charge is 2.35. The molecule has 1 aliphatic carbocycles. The number of nitrogens with one attached hydrogen (secondary N) is 1. The Morgan fingerprint density at radius 2 is 1.88 bits per heavy atom. The van der Waals surface area contributed by atoms with Crippen molar-refractivity contribution in [1.29, 1.82) is 0 Å². The van der Waals surface area contributed by atoms with E-state index in [2.05, 4.69) is 35.2 Å². The molecule has 0 atom stereocenters. The van der Waals surface area contributed by atoms with E-state index in [1.807, 2.05) is 0 Å². The van der Waals surface area contributed by atoms with Gasteiger partial charge in [0.1, 0.15) is 0 Å². The van der Waals surface area contributed by atoms with Gasteiger partial charge in [0.05, 0.1) is 0 Å². The molecule has 0 aromatic carbocycles. The molecule has 0 spiro atoms.